The lowest BCUT2D eigenvalue weighted by molar-refractivity contribution is 0.257. The Morgan fingerprint density at radius 2 is 2.13 bits per heavy atom. The molecule has 30 heavy (non-hydrogen) atoms. The van der Waals surface area contributed by atoms with Crippen molar-refractivity contribution >= 4 is 60.1 Å². The smallest absolute Gasteiger partial charge is 0.176 e. The Morgan fingerprint density at radius 3 is 2.97 bits per heavy atom. The van der Waals surface area contributed by atoms with Crippen molar-refractivity contribution in [1.29, 1.82) is 0 Å². The van der Waals surface area contributed by atoms with Crippen molar-refractivity contribution in [2.45, 2.75) is 26.3 Å². The van der Waals surface area contributed by atoms with Crippen LogP contribution in [0.5, 0.6) is 0 Å². The highest BCUT2D eigenvalue weighted by atomic mass is 32.1. The molecule has 0 radical (unpaired) electrons. The van der Waals surface area contributed by atoms with Gasteiger partial charge in [-0.1, -0.05) is 13.0 Å². The van der Waals surface area contributed by atoms with Gasteiger partial charge < -0.3 is 5.32 Å². The first-order valence-corrected chi connectivity index (χ1v) is 11.6. The van der Waals surface area contributed by atoms with E-state index in [1.54, 1.807) is 23.6 Å². The number of fused-ring (bicyclic) bond motifs is 2. The van der Waals surface area contributed by atoms with Gasteiger partial charge in [-0.3, -0.25) is 4.90 Å². The Morgan fingerprint density at radius 1 is 1.27 bits per heavy atom. The zero-order valence-corrected chi connectivity index (χ0v) is 18.2. The van der Waals surface area contributed by atoms with Crippen LogP contribution in [-0.4, -0.2) is 34.0 Å². The summed E-state index contributed by atoms with van der Waals surface area (Å²) >= 11 is 2.83. The minimum absolute atomic E-state index is 0.182. The van der Waals surface area contributed by atoms with Crippen molar-refractivity contribution in [1.82, 2.24) is 14.9 Å². The average Bonchev–Trinajstić information content (AvgIpc) is 3.38. The van der Waals surface area contributed by atoms with E-state index in [0.717, 1.165) is 34.6 Å². The van der Waals surface area contributed by atoms with Gasteiger partial charge in [-0.2, -0.15) is 0 Å². The molecule has 8 heteroatoms. The fourth-order valence-corrected chi connectivity index (χ4v) is 5.90. The van der Waals surface area contributed by atoms with Crippen LogP contribution < -0.4 is 5.32 Å². The number of nitrogens with zero attached hydrogens (tertiary/aromatic N) is 3. The molecule has 1 aliphatic heterocycles. The molecule has 1 aliphatic rings. The quantitative estimate of drug-likeness (QED) is 0.396. The van der Waals surface area contributed by atoms with Gasteiger partial charge >= 0.3 is 0 Å². The van der Waals surface area contributed by atoms with Gasteiger partial charge in [0.05, 0.1) is 15.9 Å². The van der Waals surface area contributed by atoms with Gasteiger partial charge in [-0.25, -0.2) is 18.7 Å². The first-order valence-electron chi connectivity index (χ1n) is 9.88. The molecular weight excluding hydrogens is 422 g/mol. The third-order valence-electron chi connectivity index (χ3n) is 5.68. The molecule has 5 rings (SSSR count). The summed E-state index contributed by atoms with van der Waals surface area (Å²) < 4.78 is 30.0. The fourth-order valence-electron chi connectivity index (χ4n) is 4.06. The standard InChI is InChI=1S/C22H20F2N4S2/c1-3-28-8-4-5-13(12(28)2)17-9-14-16(6-7-25-22(14)30-17)27-20-15(23)10-18-21(19(20)24)26-11-29-18/h5-7,9-12H,3-4,8H2,1-2H3,(H,25,27)/t12-/m0/s1. The van der Waals surface area contributed by atoms with Crippen LogP contribution in [0.15, 0.2) is 36.0 Å². The van der Waals surface area contributed by atoms with E-state index in [2.05, 4.69) is 46.2 Å². The van der Waals surface area contributed by atoms with E-state index in [4.69, 9.17) is 0 Å². The second kappa shape index (κ2) is 7.68. The molecule has 0 bridgehead atoms. The summed E-state index contributed by atoms with van der Waals surface area (Å²) in [6.07, 6.45) is 4.98. The SMILES string of the molecule is CCN1CCC=C(c2cc3c(Nc4c(F)cc5scnc5c4F)ccnc3s2)[C@@H]1C. The summed E-state index contributed by atoms with van der Waals surface area (Å²) in [7, 11) is 0. The maximum atomic E-state index is 14.9. The number of hydrogen-bond donors (Lipinski definition) is 1. The minimum atomic E-state index is -0.672. The molecule has 4 aromatic rings. The van der Waals surface area contributed by atoms with E-state index < -0.39 is 11.6 Å². The largest absolute Gasteiger partial charge is 0.350 e. The highest BCUT2D eigenvalue weighted by Gasteiger charge is 2.23. The zero-order valence-electron chi connectivity index (χ0n) is 16.6. The summed E-state index contributed by atoms with van der Waals surface area (Å²) in [5.41, 5.74) is 3.44. The van der Waals surface area contributed by atoms with E-state index in [1.165, 1.54) is 28.5 Å². The minimum Gasteiger partial charge on any atom is -0.350 e. The van der Waals surface area contributed by atoms with Crippen LogP contribution >= 0.6 is 22.7 Å². The molecule has 0 saturated heterocycles. The van der Waals surface area contributed by atoms with Crippen molar-refractivity contribution < 1.29 is 8.78 Å². The van der Waals surface area contributed by atoms with Crippen molar-refractivity contribution in [3.05, 3.63) is 52.5 Å². The van der Waals surface area contributed by atoms with Crippen molar-refractivity contribution in [3.63, 3.8) is 0 Å². The lowest BCUT2D eigenvalue weighted by atomic mass is 9.99. The molecule has 1 N–H and O–H groups in total. The summed E-state index contributed by atoms with van der Waals surface area (Å²) in [4.78, 5) is 12.9. The number of halogens is 2. The van der Waals surface area contributed by atoms with Crippen molar-refractivity contribution in [2.75, 3.05) is 18.4 Å². The molecule has 4 heterocycles. The Kier molecular flexibility index (Phi) is 5.00. The Balaban J connectivity index is 1.56. The van der Waals surface area contributed by atoms with Gasteiger partial charge in [-0.05, 0) is 43.7 Å². The number of hydrogen-bond acceptors (Lipinski definition) is 6. The molecule has 0 saturated carbocycles. The normalized spacial score (nSPS) is 17.6. The number of rotatable bonds is 4. The van der Waals surface area contributed by atoms with Crippen molar-refractivity contribution in [2.24, 2.45) is 0 Å². The van der Waals surface area contributed by atoms with E-state index in [-0.39, 0.29) is 11.2 Å². The number of pyridine rings is 1. The summed E-state index contributed by atoms with van der Waals surface area (Å²) in [5.74, 6) is -1.30. The van der Waals surface area contributed by atoms with Crippen LogP contribution in [0.2, 0.25) is 0 Å². The summed E-state index contributed by atoms with van der Waals surface area (Å²) in [5, 5.41) is 3.82. The number of nitrogens with one attached hydrogen (secondary N) is 1. The highest BCUT2D eigenvalue weighted by molar-refractivity contribution is 7.19. The third kappa shape index (κ3) is 3.19. The summed E-state index contributed by atoms with van der Waals surface area (Å²) in [6, 6.07) is 5.48. The Bertz CT molecular complexity index is 1280. The van der Waals surface area contributed by atoms with Gasteiger partial charge in [0.2, 0.25) is 0 Å². The van der Waals surface area contributed by atoms with Crippen LogP contribution in [-0.2, 0) is 0 Å². The monoisotopic (exact) mass is 442 g/mol. The van der Waals surface area contributed by atoms with Crippen LogP contribution in [0.25, 0.3) is 26.0 Å². The molecule has 1 aromatic carbocycles. The van der Waals surface area contributed by atoms with Crippen LogP contribution in [0.4, 0.5) is 20.2 Å². The second-order valence-corrected chi connectivity index (χ2v) is 9.23. The maximum Gasteiger partial charge on any atom is 0.176 e. The van der Waals surface area contributed by atoms with Crippen LogP contribution in [0, 0.1) is 11.6 Å². The van der Waals surface area contributed by atoms with E-state index >= 15 is 0 Å². The molecule has 0 fully saturated rings. The number of thiazole rings is 1. The van der Waals surface area contributed by atoms with E-state index in [1.807, 2.05) is 0 Å². The van der Waals surface area contributed by atoms with E-state index in [0.29, 0.717) is 16.4 Å². The number of benzene rings is 1. The predicted octanol–water partition coefficient (Wildman–Crippen LogP) is 6.43. The van der Waals surface area contributed by atoms with Gasteiger partial charge in [0.25, 0.3) is 0 Å². The molecule has 0 aliphatic carbocycles. The molecule has 0 amide bonds. The van der Waals surface area contributed by atoms with Crippen LogP contribution in [0.1, 0.15) is 25.1 Å². The molecule has 154 valence electrons. The lowest BCUT2D eigenvalue weighted by Crippen LogP contribution is -2.36. The summed E-state index contributed by atoms with van der Waals surface area (Å²) in [6.45, 7) is 6.47. The number of anilines is 2. The fraction of sp³-hybridized carbons (Fsp3) is 0.273. The van der Waals surface area contributed by atoms with Gasteiger partial charge in [0.15, 0.2) is 11.6 Å². The average molecular weight is 443 g/mol. The lowest BCUT2D eigenvalue weighted by Gasteiger charge is -2.32. The molecule has 1 atom stereocenters. The zero-order chi connectivity index (χ0) is 20.8. The molecule has 3 aromatic heterocycles. The maximum absolute atomic E-state index is 14.9. The van der Waals surface area contributed by atoms with Crippen molar-refractivity contribution in [3.8, 4) is 0 Å². The number of aromatic nitrogens is 2. The molecular formula is C22H20F2N4S2. The van der Waals surface area contributed by atoms with E-state index in [9.17, 15) is 8.78 Å². The first-order chi connectivity index (χ1) is 14.6. The number of thiophene rings is 1. The predicted molar refractivity (Wildman–Crippen MR) is 122 cm³/mol. The molecule has 4 nitrogen and oxygen atoms in total. The Labute approximate surface area is 180 Å². The molecule has 0 spiro atoms. The topological polar surface area (TPSA) is 41.0 Å². The molecule has 0 unspecified atom stereocenters. The van der Waals surface area contributed by atoms with Gasteiger partial charge in [0, 0.05) is 29.0 Å². The van der Waals surface area contributed by atoms with Crippen LogP contribution in [0.3, 0.4) is 0 Å². The first kappa shape index (κ1) is 19.5. The highest BCUT2D eigenvalue weighted by Crippen LogP contribution is 2.39. The second-order valence-electron chi connectivity index (χ2n) is 7.31. The van der Waals surface area contributed by atoms with Gasteiger partial charge in [0.1, 0.15) is 16.0 Å². The van der Waals surface area contributed by atoms with Gasteiger partial charge in [-0.15, -0.1) is 22.7 Å². The third-order valence-corrected chi connectivity index (χ3v) is 7.55. The number of likely N-dealkylation sites (N-methyl/N-ethyl adjacent to an activating group) is 1. The Hall–Kier alpha value is -2.42.